The molecule has 0 saturated carbocycles. The summed E-state index contributed by atoms with van der Waals surface area (Å²) in [6.45, 7) is 7.78. The molecule has 2 unspecified atom stereocenters. The van der Waals surface area contributed by atoms with Gasteiger partial charge in [-0.05, 0) is 19.4 Å². The van der Waals surface area contributed by atoms with Crippen molar-refractivity contribution in [3.63, 3.8) is 0 Å². The summed E-state index contributed by atoms with van der Waals surface area (Å²) >= 11 is 0. The summed E-state index contributed by atoms with van der Waals surface area (Å²) in [6.07, 6.45) is 2.00. The molecule has 2 atom stereocenters. The molecule has 4 heteroatoms. The highest BCUT2D eigenvalue weighted by Gasteiger charge is 2.43. The van der Waals surface area contributed by atoms with Crippen molar-refractivity contribution in [3.8, 4) is 0 Å². The normalized spacial score (nSPS) is 26.9. The Morgan fingerprint density at radius 1 is 1.40 bits per heavy atom. The lowest BCUT2D eigenvalue weighted by molar-refractivity contribution is -0.139. The molecule has 2 rings (SSSR count). The van der Waals surface area contributed by atoms with Crippen LogP contribution in [0.15, 0.2) is 43.0 Å². The minimum absolute atomic E-state index is 0.0954. The first-order chi connectivity index (χ1) is 9.49. The van der Waals surface area contributed by atoms with Gasteiger partial charge in [-0.15, -0.1) is 6.58 Å². The van der Waals surface area contributed by atoms with E-state index in [1.807, 2.05) is 37.3 Å². The molecule has 0 bridgehead atoms. The topological polar surface area (TPSA) is 49.4 Å². The van der Waals surface area contributed by atoms with Gasteiger partial charge in [-0.25, -0.2) is 0 Å². The summed E-state index contributed by atoms with van der Waals surface area (Å²) in [5, 5.41) is 2.88. The minimum atomic E-state index is -1.02. The van der Waals surface area contributed by atoms with Crippen molar-refractivity contribution in [3.05, 3.63) is 48.6 Å². The van der Waals surface area contributed by atoms with E-state index in [1.165, 1.54) is 0 Å². The molecule has 0 aliphatic carbocycles. The summed E-state index contributed by atoms with van der Waals surface area (Å²) < 4.78 is 0. The first-order valence-corrected chi connectivity index (χ1v) is 6.77. The van der Waals surface area contributed by atoms with Gasteiger partial charge in [0.05, 0.1) is 0 Å². The van der Waals surface area contributed by atoms with Crippen LogP contribution in [-0.4, -0.2) is 29.3 Å². The largest absolute Gasteiger partial charge is 0.338 e. The number of hydrogen-bond acceptors (Lipinski definition) is 2. The van der Waals surface area contributed by atoms with E-state index in [0.29, 0.717) is 13.0 Å². The Hall–Kier alpha value is -2.10. The molecule has 1 aliphatic heterocycles. The van der Waals surface area contributed by atoms with Crippen LogP contribution in [0.3, 0.4) is 0 Å². The fraction of sp³-hybridized carbons (Fsp3) is 0.375. The number of carbonyl (C=O) groups is 2. The van der Waals surface area contributed by atoms with E-state index in [0.717, 1.165) is 5.56 Å². The third-order valence-corrected chi connectivity index (χ3v) is 3.77. The molecule has 0 aromatic heterocycles. The molecule has 1 aliphatic rings. The molecule has 0 spiro atoms. The Kier molecular flexibility index (Phi) is 3.93. The summed E-state index contributed by atoms with van der Waals surface area (Å²) in [5.41, 5.74) is -0.229. The van der Waals surface area contributed by atoms with Gasteiger partial charge < -0.3 is 10.2 Å². The highest BCUT2D eigenvalue weighted by Crippen LogP contribution is 2.27. The van der Waals surface area contributed by atoms with Crippen molar-refractivity contribution < 1.29 is 9.59 Å². The molecule has 1 fully saturated rings. The minimum Gasteiger partial charge on any atom is -0.338 e. The predicted octanol–water partition coefficient (Wildman–Crippen LogP) is 1.82. The lowest BCUT2D eigenvalue weighted by atomic mass is 9.90. The third kappa shape index (κ3) is 2.46. The molecule has 1 N–H and O–H groups in total. The molecule has 2 amide bonds. The SMILES string of the molecule is C=CCN1C(=O)C(C)(c2ccccc2)NC(=O)CC1C. The third-order valence-electron chi connectivity index (χ3n) is 3.77. The smallest absolute Gasteiger partial charge is 0.253 e. The van der Waals surface area contributed by atoms with Gasteiger partial charge in [-0.2, -0.15) is 0 Å². The van der Waals surface area contributed by atoms with Crippen molar-refractivity contribution in [1.29, 1.82) is 0 Å². The number of nitrogens with one attached hydrogen (secondary N) is 1. The Labute approximate surface area is 119 Å². The summed E-state index contributed by atoms with van der Waals surface area (Å²) in [6, 6.07) is 9.21. The van der Waals surface area contributed by atoms with Gasteiger partial charge in [0.25, 0.3) is 5.91 Å². The maximum atomic E-state index is 12.9. The first-order valence-electron chi connectivity index (χ1n) is 6.77. The Morgan fingerprint density at radius 2 is 2.05 bits per heavy atom. The molecule has 1 saturated heterocycles. The van der Waals surface area contributed by atoms with Crippen LogP contribution >= 0.6 is 0 Å². The molecule has 1 aromatic rings. The van der Waals surface area contributed by atoms with Gasteiger partial charge in [-0.1, -0.05) is 36.4 Å². The zero-order chi connectivity index (χ0) is 14.8. The Bertz CT molecular complexity index is 527. The van der Waals surface area contributed by atoms with E-state index >= 15 is 0 Å². The highest BCUT2D eigenvalue weighted by atomic mass is 16.2. The van der Waals surface area contributed by atoms with Crippen LogP contribution in [0.1, 0.15) is 25.8 Å². The van der Waals surface area contributed by atoms with Crippen molar-refractivity contribution in [2.45, 2.75) is 31.8 Å². The molecule has 106 valence electrons. The average Bonchev–Trinajstić information content (AvgIpc) is 2.51. The summed E-state index contributed by atoms with van der Waals surface area (Å²) in [4.78, 5) is 26.6. The van der Waals surface area contributed by atoms with E-state index < -0.39 is 5.54 Å². The van der Waals surface area contributed by atoms with E-state index in [9.17, 15) is 9.59 Å². The molecular weight excluding hydrogens is 252 g/mol. The van der Waals surface area contributed by atoms with Gasteiger partial charge in [0.1, 0.15) is 5.54 Å². The van der Waals surface area contributed by atoms with Gasteiger partial charge in [-0.3, -0.25) is 9.59 Å². The van der Waals surface area contributed by atoms with Crippen LogP contribution < -0.4 is 5.32 Å². The number of amides is 2. The Balaban J connectivity index is 2.47. The lowest BCUT2D eigenvalue weighted by Crippen LogP contribution is -2.53. The maximum absolute atomic E-state index is 12.9. The van der Waals surface area contributed by atoms with Crippen LogP contribution in [-0.2, 0) is 15.1 Å². The second-order valence-electron chi connectivity index (χ2n) is 5.34. The zero-order valence-corrected chi connectivity index (χ0v) is 11.9. The van der Waals surface area contributed by atoms with Crippen LogP contribution in [0.5, 0.6) is 0 Å². The summed E-state index contributed by atoms with van der Waals surface area (Å²) in [7, 11) is 0. The highest BCUT2D eigenvalue weighted by molar-refractivity contribution is 5.94. The molecular formula is C16H20N2O2. The Morgan fingerprint density at radius 3 is 2.65 bits per heavy atom. The van der Waals surface area contributed by atoms with Gasteiger partial charge in [0.2, 0.25) is 5.91 Å². The fourth-order valence-electron chi connectivity index (χ4n) is 2.62. The number of hydrogen-bond donors (Lipinski definition) is 1. The van der Waals surface area contributed by atoms with E-state index in [1.54, 1.807) is 17.9 Å². The predicted molar refractivity (Wildman–Crippen MR) is 77.9 cm³/mol. The van der Waals surface area contributed by atoms with E-state index in [2.05, 4.69) is 11.9 Å². The van der Waals surface area contributed by atoms with Crippen molar-refractivity contribution in [2.24, 2.45) is 0 Å². The van der Waals surface area contributed by atoms with Gasteiger partial charge in [0.15, 0.2) is 0 Å². The van der Waals surface area contributed by atoms with Gasteiger partial charge >= 0.3 is 0 Å². The molecule has 4 nitrogen and oxygen atoms in total. The first kappa shape index (κ1) is 14.3. The number of benzene rings is 1. The molecule has 1 aromatic carbocycles. The van der Waals surface area contributed by atoms with Crippen molar-refractivity contribution >= 4 is 11.8 Å². The second-order valence-corrected chi connectivity index (χ2v) is 5.34. The second kappa shape index (κ2) is 5.49. The number of carbonyl (C=O) groups excluding carboxylic acids is 2. The maximum Gasteiger partial charge on any atom is 0.253 e. The van der Waals surface area contributed by atoms with Crippen molar-refractivity contribution in [2.75, 3.05) is 6.54 Å². The van der Waals surface area contributed by atoms with E-state index in [4.69, 9.17) is 0 Å². The number of nitrogens with zero attached hydrogens (tertiary/aromatic N) is 1. The van der Waals surface area contributed by atoms with Crippen LogP contribution in [0.2, 0.25) is 0 Å². The monoisotopic (exact) mass is 272 g/mol. The van der Waals surface area contributed by atoms with Crippen LogP contribution in [0.25, 0.3) is 0 Å². The fourth-order valence-corrected chi connectivity index (χ4v) is 2.62. The van der Waals surface area contributed by atoms with Crippen molar-refractivity contribution in [1.82, 2.24) is 10.2 Å². The molecule has 1 heterocycles. The average molecular weight is 272 g/mol. The number of rotatable bonds is 3. The zero-order valence-electron chi connectivity index (χ0n) is 11.9. The van der Waals surface area contributed by atoms with Crippen LogP contribution in [0, 0.1) is 0 Å². The van der Waals surface area contributed by atoms with E-state index in [-0.39, 0.29) is 17.9 Å². The van der Waals surface area contributed by atoms with Gasteiger partial charge in [0, 0.05) is 19.0 Å². The molecule has 0 radical (unpaired) electrons. The standard InChI is InChI=1S/C16H20N2O2/c1-4-10-18-12(2)11-14(19)17-16(3,15(18)20)13-8-6-5-7-9-13/h4-9,12H,1,10-11H2,2-3H3,(H,17,19). The molecule has 20 heavy (non-hydrogen) atoms. The summed E-state index contributed by atoms with van der Waals surface area (Å²) in [5.74, 6) is -0.203. The van der Waals surface area contributed by atoms with Crippen LogP contribution in [0.4, 0.5) is 0 Å². The lowest BCUT2D eigenvalue weighted by Gasteiger charge is -2.34. The quantitative estimate of drug-likeness (QED) is 0.853.